The Morgan fingerprint density at radius 3 is 2.21 bits per heavy atom. The van der Waals surface area contributed by atoms with Crippen LogP contribution >= 0.6 is 11.3 Å². The van der Waals surface area contributed by atoms with Gasteiger partial charge in [0.2, 0.25) is 0 Å². The van der Waals surface area contributed by atoms with Crippen molar-refractivity contribution in [3.05, 3.63) is 64.5 Å². The third-order valence-corrected chi connectivity index (χ3v) is 6.70. The Morgan fingerprint density at radius 2 is 1.62 bits per heavy atom. The molecule has 0 bridgehead atoms. The average molecular weight is 480 g/mol. The summed E-state index contributed by atoms with van der Waals surface area (Å²) in [6.45, 7) is 6.76. The zero-order valence-corrected chi connectivity index (χ0v) is 20.4. The van der Waals surface area contributed by atoms with Crippen LogP contribution in [-0.4, -0.2) is 40.6 Å². The summed E-state index contributed by atoms with van der Waals surface area (Å²) >= 11 is 1.34. The summed E-state index contributed by atoms with van der Waals surface area (Å²) in [7, 11) is 0. The van der Waals surface area contributed by atoms with Gasteiger partial charge in [-0.25, -0.2) is 9.78 Å². The normalized spacial score (nSPS) is 14.6. The molecule has 178 valence electrons. The third kappa shape index (κ3) is 5.75. The van der Waals surface area contributed by atoms with Crippen molar-refractivity contribution in [3.8, 4) is 22.8 Å². The summed E-state index contributed by atoms with van der Waals surface area (Å²) in [5.74, 6) is 1.12. The van der Waals surface area contributed by atoms with Gasteiger partial charge in [0.25, 0.3) is 5.91 Å². The Hall–Kier alpha value is -3.39. The summed E-state index contributed by atoms with van der Waals surface area (Å²) < 4.78 is 11.3. The van der Waals surface area contributed by atoms with E-state index in [1.165, 1.54) is 11.3 Å². The zero-order valence-electron chi connectivity index (χ0n) is 19.6. The van der Waals surface area contributed by atoms with E-state index >= 15 is 0 Å². The number of likely N-dealkylation sites (tertiary alicyclic amines) is 1. The Labute approximate surface area is 203 Å². The molecule has 0 atom stereocenters. The van der Waals surface area contributed by atoms with E-state index in [9.17, 15) is 9.59 Å². The molecule has 7 nitrogen and oxygen atoms in total. The van der Waals surface area contributed by atoms with Crippen LogP contribution in [0.25, 0.3) is 11.3 Å². The molecular weight excluding hydrogens is 450 g/mol. The molecule has 0 aliphatic carbocycles. The fraction of sp³-hybridized carbons (Fsp3) is 0.346. The number of benzene rings is 2. The van der Waals surface area contributed by atoms with Crippen LogP contribution in [0.3, 0.4) is 0 Å². The Balaban J connectivity index is 1.47. The molecular formula is C26H29N3O4S. The number of thiazole rings is 1. The number of ether oxygens (including phenoxy) is 2. The van der Waals surface area contributed by atoms with Gasteiger partial charge in [0.15, 0.2) is 0 Å². The fourth-order valence-corrected chi connectivity index (χ4v) is 4.92. The van der Waals surface area contributed by atoms with E-state index in [-0.39, 0.29) is 12.0 Å². The van der Waals surface area contributed by atoms with Crippen molar-refractivity contribution in [2.24, 2.45) is 5.73 Å². The summed E-state index contributed by atoms with van der Waals surface area (Å²) in [6, 6.07) is 17.0. The summed E-state index contributed by atoms with van der Waals surface area (Å²) in [5, 5.41) is 0.872. The Bertz CT molecular complexity index is 1150. The SMILES string of the molecule is CC(C)(C)OC(=O)N1CCC(c2nc(-c3ccc(Oc4ccccc4)cc3)c(C(N)=O)s2)CC1. The number of aromatic nitrogens is 1. The largest absolute Gasteiger partial charge is 0.457 e. The van der Waals surface area contributed by atoms with Crippen LogP contribution in [0.4, 0.5) is 4.79 Å². The van der Waals surface area contributed by atoms with Gasteiger partial charge in [-0.2, -0.15) is 0 Å². The van der Waals surface area contributed by atoms with Gasteiger partial charge in [0.05, 0.1) is 10.7 Å². The first-order valence-electron chi connectivity index (χ1n) is 11.3. The molecule has 0 spiro atoms. The van der Waals surface area contributed by atoms with Crippen molar-refractivity contribution >= 4 is 23.3 Å². The number of hydrogen-bond donors (Lipinski definition) is 1. The van der Waals surface area contributed by atoms with Crippen LogP contribution in [0, 0.1) is 0 Å². The number of nitrogens with zero attached hydrogens (tertiary/aromatic N) is 2. The molecule has 0 saturated carbocycles. The Morgan fingerprint density at radius 1 is 1.00 bits per heavy atom. The van der Waals surface area contributed by atoms with E-state index < -0.39 is 11.5 Å². The minimum atomic E-state index is -0.518. The molecule has 1 aromatic heterocycles. The molecule has 2 N–H and O–H groups in total. The number of amides is 2. The number of primary amides is 1. The number of carbonyl (C=O) groups excluding carboxylic acids is 2. The molecule has 2 heterocycles. The molecule has 0 radical (unpaired) electrons. The minimum absolute atomic E-state index is 0.163. The molecule has 8 heteroatoms. The van der Waals surface area contributed by atoms with Crippen LogP contribution < -0.4 is 10.5 Å². The lowest BCUT2D eigenvalue weighted by Crippen LogP contribution is -2.41. The van der Waals surface area contributed by atoms with Crippen LogP contribution in [0.1, 0.15) is 54.2 Å². The van der Waals surface area contributed by atoms with Gasteiger partial charge in [-0.15, -0.1) is 11.3 Å². The smallest absolute Gasteiger partial charge is 0.410 e. The molecule has 1 aliphatic heterocycles. The molecule has 1 aliphatic rings. The summed E-state index contributed by atoms with van der Waals surface area (Å²) in [5.41, 5.74) is 6.57. The topological polar surface area (TPSA) is 94.8 Å². The van der Waals surface area contributed by atoms with E-state index in [2.05, 4.69) is 0 Å². The maximum Gasteiger partial charge on any atom is 0.410 e. The fourth-order valence-electron chi connectivity index (χ4n) is 3.81. The lowest BCUT2D eigenvalue weighted by atomic mass is 9.98. The highest BCUT2D eigenvalue weighted by Gasteiger charge is 2.30. The maximum atomic E-state index is 12.4. The number of rotatable bonds is 5. The standard InChI is InChI=1S/C26H29N3O4S/c1-26(2,3)33-25(31)29-15-13-18(14-16-29)24-28-21(22(34-24)23(27)30)17-9-11-20(12-10-17)32-19-7-5-4-6-8-19/h4-12,18H,13-16H2,1-3H3,(H2,27,30). The maximum absolute atomic E-state index is 12.4. The lowest BCUT2D eigenvalue weighted by Gasteiger charge is -2.32. The second-order valence-corrected chi connectivity index (χ2v) is 10.3. The van der Waals surface area contributed by atoms with Crippen LogP contribution in [0.5, 0.6) is 11.5 Å². The number of hydrogen-bond acceptors (Lipinski definition) is 6. The highest BCUT2D eigenvalue weighted by Crippen LogP contribution is 2.37. The zero-order chi connectivity index (χ0) is 24.3. The van der Waals surface area contributed by atoms with E-state index in [4.69, 9.17) is 20.2 Å². The molecule has 3 aromatic rings. The number of piperidine rings is 1. The van der Waals surface area contributed by atoms with Gasteiger partial charge in [0.1, 0.15) is 22.0 Å². The number of carbonyl (C=O) groups is 2. The monoisotopic (exact) mass is 479 g/mol. The second-order valence-electron chi connectivity index (χ2n) is 9.28. The van der Waals surface area contributed by atoms with E-state index in [1.54, 1.807) is 4.90 Å². The molecule has 4 rings (SSSR count). The minimum Gasteiger partial charge on any atom is -0.457 e. The Kier molecular flexibility index (Phi) is 6.88. The van der Waals surface area contributed by atoms with E-state index in [0.717, 1.165) is 29.2 Å². The van der Waals surface area contributed by atoms with Crippen molar-refractivity contribution in [2.75, 3.05) is 13.1 Å². The highest BCUT2D eigenvalue weighted by molar-refractivity contribution is 7.14. The van der Waals surface area contributed by atoms with Crippen LogP contribution in [-0.2, 0) is 4.74 Å². The van der Waals surface area contributed by atoms with Crippen molar-refractivity contribution < 1.29 is 19.1 Å². The quantitative estimate of drug-likeness (QED) is 0.498. The van der Waals surface area contributed by atoms with Crippen molar-refractivity contribution in [3.63, 3.8) is 0 Å². The average Bonchev–Trinajstić information content (AvgIpc) is 3.25. The molecule has 0 unspecified atom stereocenters. The third-order valence-electron chi connectivity index (χ3n) is 5.47. The van der Waals surface area contributed by atoms with Crippen molar-refractivity contribution in [2.45, 2.75) is 45.1 Å². The lowest BCUT2D eigenvalue weighted by molar-refractivity contribution is 0.0204. The highest BCUT2D eigenvalue weighted by atomic mass is 32.1. The number of nitrogens with two attached hydrogens (primary N) is 1. The molecule has 1 saturated heterocycles. The van der Waals surface area contributed by atoms with Gasteiger partial charge in [-0.3, -0.25) is 4.79 Å². The van der Waals surface area contributed by atoms with Gasteiger partial charge in [0, 0.05) is 24.6 Å². The summed E-state index contributed by atoms with van der Waals surface area (Å²) in [6.07, 6.45) is 1.23. The molecule has 34 heavy (non-hydrogen) atoms. The number of para-hydroxylation sites is 1. The second kappa shape index (κ2) is 9.85. The van der Waals surface area contributed by atoms with Crippen LogP contribution in [0.15, 0.2) is 54.6 Å². The van der Waals surface area contributed by atoms with Gasteiger partial charge >= 0.3 is 6.09 Å². The van der Waals surface area contributed by atoms with E-state index in [1.807, 2.05) is 75.4 Å². The first-order valence-corrected chi connectivity index (χ1v) is 12.1. The first kappa shape index (κ1) is 23.8. The van der Waals surface area contributed by atoms with Gasteiger partial charge in [-0.05, 0) is 70.0 Å². The molecule has 1 fully saturated rings. The molecule has 2 amide bonds. The molecule has 2 aromatic carbocycles. The van der Waals surface area contributed by atoms with Gasteiger partial charge in [-0.1, -0.05) is 18.2 Å². The van der Waals surface area contributed by atoms with Crippen molar-refractivity contribution in [1.82, 2.24) is 9.88 Å². The summed E-state index contributed by atoms with van der Waals surface area (Å²) in [4.78, 5) is 31.5. The predicted octanol–water partition coefficient (Wildman–Crippen LogP) is 5.82. The van der Waals surface area contributed by atoms with Crippen LogP contribution in [0.2, 0.25) is 0 Å². The van der Waals surface area contributed by atoms with Gasteiger partial charge < -0.3 is 20.1 Å². The van der Waals surface area contributed by atoms with Crippen molar-refractivity contribution in [1.29, 1.82) is 0 Å². The predicted molar refractivity (Wildman–Crippen MR) is 132 cm³/mol. The first-order chi connectivity index (χ1) is 16.2. The van der Waals surface area contributed by atoms with E-state index in [0.29, 0.717) is 29.4 Å².